The van der Waals surface area contributed by atoms with Crippen molar-refractivity contribution in [3.05, 3.63) is 29.0 Å². The Balaban J connectivity index is 2.64. The van der Waals surface area contributed by atoms with Gasteiger partial charge in [0.2, 0.25) is 10.0 Å². The van der Waals surface area contributed by atoms with E-state index in [-0.39, 0.29) is 17.6 Å². The number of pyridine rings is 1. The third-order valence-electron chi connectivity index (χ3n) is 2.14. The van der Waals surface area contributed by atoms with Gasteiger partial charge >= 0.3 is 0 Å². The summed E-state index contributed by atoms with van der Waals surface area (Å²) in [5.41, 5.74) is -0.407. The van der Waals surface area contributed by atoms with Gasteiger partial charge in [-0.15, -0.1) is 0 Å². The molecule has 6 nitrogen and oxygen atoms in total. The fraction of sp³-hybridized carbons (Fsp3) is 0.455. The minimum Gasteiger partial charge on any atom is -0.350 e. The van der Waals surface area contributed by atoms with E-state index in [1.165, 1.54) is 18.3 Å². The Morgan fingerprint density at radius 1 is 1.47 bits per heavy atom. The van der Waals surface area contributed by atoms with Crippen LogP contribution in [-0.2, 0) is 10.0 Å². The van der Waals surface area contributed by atoms with Crippen LogP contribution in [0.4, 0.5) is 0 Å². The largest absolute Gasteiger partial charge is 0.350 e. The van der Waals surface area contributed by atoms with Gasteiger partial charge in [-0.05, 0) is 26.0 Å². The molecule has 0 fully saturated rings. The number of rotatable bonds is 5. The minimum atomic E-state index is -3.33. The zero-order chi connectivity index (χ0) is 14.7. The first-order valence-electron chi connectivity index (χ1n) is 5.48. The third kappa shape index (κ3) is 6.00. The Hall–Kier alpha value is -1.18. The third-order valence-corrected chi connectivity index (χ3v) is 3.27. The molecule has 106 valence electrons. The molecule has 0 unspecified atom stereocenters. The van der Waals surface area contributed by atoms with Gasteiger partial charge in [0.05, 0.1) is 6.26 Å². The monoisotopic (exact) mass is 305 g/mol. The Kier molecular flexibility index (Phi) is 4.89. The summed E-state index contributed by atoms with van der Waals surface area (Å²) >= 11 is 5.68. The van der Waals surface area contributed by atoms with Crippen LogP contribution in [0.25, 0.3) is 0 Å². The fourth-order valence-corrected chi connectivity index (χ4v) is 2.73. The standard InChI is InChI=1S/C11H16ClN3O3S/c1-11(2,15-19(3,17)18)7-14-10(16)8-4-5-13-9(12)6-8/h4-6,15H,7H2,1-3H3,(H,14,16). The van der Waals surface area contributed by atoms with E-state index in [1.807, 2.05) is 0 Å². The first-order valence-corrected chi connectivity index (χ1v) is 7.75. The normalized spacial score (nSPS) is 12.2. The number of carbonyl (C=O) groups excluding carboxylic acids is 1. The SMILES string of the molecule is CC(C)(CNC(=O)c1ccnc(Cl)c1)NS(C)(=O)=O. The van der Waals surface area contributed by atoms with Crippen LogP contribution in [0.5, 0.6) is 0 Å². The lowest BCUT2D eigenvalue weighted by molar-refractivity contribution is 0.0944. The summed E-state index contributed by atoms with van der Waals surface area (Å²) in [5, 5.41) is 2.86. The van der Waals surface area contributed by atoms with Crippen molar-refractivity contribution in [2.75, 3.05) is 12.8 Å². The van der Waals surface area contributed by atoms with Crippen LogP contribution in [0.15, 0.2) is 18.3 Å². The number of nitrogens with zero attached hydrogens (tertiary/aromatic N) is 1. The molecule has 0 saturated carbocycles. The Morgan fingerprint density at radius 2 is 2.11 bits per heavy atom. The maximum absolute atomic E-state index is 11.8. The summed E-state index contributed by atoms with van der Waals surface area (Å²) in [5.74, 6) is -0.340. The van der Waals surface area contributed by atoms with Gasteiger partial charge in [-0.2, -0.15) is 0 Å². The molecule has 0 aliphatic carbocycles. The zero-order valence-electron chi connectivity index (χ0n) is 10.9. The quantitative estimate of drug-likeness (QED) is 0.787. The van der Waals surface area contributed by atoms with Gasteiger partial charge in [0.1, 0.15) is 5.15 Å². The van der Waals surface area contributed by atoms with Crippen LogP contribution < -0.4 is 10.0 Å². The van der Waals surface area contributed by atoms with Crippen LogP contribution in [-0.4, -0.2) is 37.6 Å². The summed E-state index contributed by atoms with van der Waals surface area (Å²) in [6.07, 6.45) is 2.50. The molecule has 0 bridgehead atoms. The molecule has 0 atom stereocenters. The van der Waals surface area contributed by atoms with Gasteiger partial charge in [0, 0.05) is 23.8 Å². The van der Waals surface area contributed by atoms with E-state index in [4.69, 9.17) is 11.6 Å². The van der Waals surface area contributed by atoms with Crippen LogP contribution in [0, 0.1) is 0 Å². The van der Waals surface area contributed by atoms with Crippen LogP contribution in [0.3, 0.4) is 0 Å². The summed E-state index contributed by atoms with van der Waals surface area (Å²) in [4.78, 5) is 15.6. The fourth-order valence-electron chi connectivity index (χ4n) is 1.48. The molecule has 0 aliphatic rings. The molecular formula is C11H16ClN3O3S. The van der Waals surface area contributed by atoms with Crippen molar-refractivity contribution >= 4 is 27.5 Å². The molecule has 1 amide bonds. The van der Waals surface area contributed by atoms with E-state index >= 15 is 0 Å². The highest BCUT2D eigenvalue weighted by Gasteiger charge is 2.23. The van der Waals surface area contributed by atoms with E-state index in [2.05, 4.69) is 15.0 Å². The highest BCUT2D eigenvalue weighted by atomic mass is 35.5. The average molecular weight is 306 g/mol. The average Bonchev–Trinajstić information content (AvgIpc) is 2.22. The lowest BCUT2D eigenvalue weighted by Crippen LogP contribution is -2.51. The summed E-state index contributed by atoms with van der Waals surface area (Å²) < 4.78 is 24.7. The van der Waals surface area contributed by atoms with Crippen LogP contribution >= 0.6 is 11.6 Å². The number of hydrogen-bond donors (Lipinski definition) is 2. The smallest absolute Gasteiger partial charge is 0.251 e. The first kappa shape index (κ1) is 15.9. The van der Waals surface area contributed by atoms with Crippen molar-refractivity contribution in [2.24, 2.45) is 0 Å². The van der Waals surface area contributed by atoms with Crippen LogP contribution in [0.2, 0.25) is 5.15 Å². The highest BCUT2D eigenvalue weighted by molar-refractivity contribution is 7.88. The Morgan fingerprint density at radius 3 is 2.63 bits per heavy atom. The van der Waals surface area contributed by atoms with Gasteiger partial charge in [0.25, 0.3) is 5.91 Å². The second-order valence-electron chi connectivity index (χ2n) is 4.81. The van der Waals surface area contributed by atoms with E-state index in [9.17, 15) is 13.2 Å². The predicted molar refractivity (Wildman–Crippen MR) is 73.6 cm³/mol. The van der Waals surface area contributed by atoms with E-state index in [1.54, 1.807) is 13.8 Å². The van der Waals surface area contributed by atoms with E-state index < -0.39 is 15.6 Å². The second kappa shape index (κ2) is 5.85. The number of hydrogen-bond acceptors (Lipinski definition) is 4. The molecular weight excluding hydrogens is 290 g/mol. The summed E-state index contributed by atoms with van der Waals surface area (Å²) in [6.45, 7) is 3.50. The molecule has 1 aromatic heterocycles. The minimum absolute atomic E-state index is 0.152. The van der Waals surface area contributed by atoms with Crippen molar-refractivity contribution in [3.63, 3.8) is 0 Å². The van der Waals surface area contributed by atoms with E-state index in [0.717, 1.165) is 6.26 Å². The van der Waals surface area contributed by atoms with Crippen molar-refractivity contribution in [2.45, 2.75) is 19.4 Å². The van der Waals surface area contributed by atoms with Gasteiger partial charge < -0.3 is 5.32 Å². The molecule has 0 aliphatic heterocycles. The lowest BCUT2D eigenvalue weighted by Gasteiger charge is -2.25. The molecule has 0 radical (unpaired) electrons. The van der Waals surface area contributed by atoms with Gasteiger partial charge in [-0.1, -0.05) is 11.6 Å². The van der Waals surface area contributed by atoms with Crippen molar-refractivity contribution in [1.82, 2.24) is 15.0 Å². The maximum atomic E-state index is 11.8. The Bertz CT molecular complexity index is 572. The van der Waals surface area contributed by atoms with E-state index in [0.29, 0.717) is 5.56 Å². The number of halogens is 1. The van der Waals surface area contributed by atoms with Crippen LogP contribution in [0.1, 0.15) is 24.2 Å². The number of amides is 1. The molecule has 2 N–H and O–H groups in total. The molecule has 8 heteroatoms. The topological polar surface area (TPSA) is 88.2 Å². The molecule has 1 rings (SSSR count). The van der Waals surface area contributed by atoms with Crippen molar-refractivity contribution in [1.29, 1.82) is 0 Å². The molecule has 0 saturated heterocycles. The predicted octanol–water partition coefficient (Wildman–Crippen LogP) is 0.793. The number of nitrogens with one attached hydrogen (secondary N) is 2. The van der Waals surface area contributed by atoms with Crippen molar-refractivity contribution in [3.8, 4) is 0 Å². The lowest BCUT2D eigenvalue weighted by atomic mass is 10.1. The first-order chi connectivity index (χ1) is 8.59. The molecule has 19 heavy (non-hydrogen) atoms. The summed E-state index contributed by atoms with van der Waals surface area (Å²) in [7, 11) is -3.33. The van der Waals surface area contributed by atoms with Crippen molar-refractivity contribution < 1.29 is 13.2 Å². The number of aromatic nitrogens is 1. The maximum Gasteiger partial charge on any atom is 0.251 e. The molecule has 1 heterocycles. The summed E-state index contributed by atoms with van der Waals surface area (Å²) in [6, 6.07) is 2.96. The number of sulfonamides is 1. The molecule has 0 aromatic carbocycles. The number of carbonyl (C=O) groups is 1. The second-order valence-corrected chi connectivity index (χ2v) is 6.94. The molecule has 1 aromatic rings. The van der Waals surface area contributed by atoms with Gasteiger partial charge in [-0.3, -0.25) is 4.79 Å². The zero-order valence-corrected chi connectivity index (χ0v) is 12.5. The molecule has 0 spiro atoms. The highest BCUT2D eigenvalue weighted by Crippen LogP contribution is 2.08. The Labute approximate surface area is 117 Å². The van der Waals surface area contributed by atoms with Gasteiger partial charge in [-0.25, -0.2) is 18.1 Å². The van der Waals surface area contributed by atoms with Gasteiger partial charge in [0.15, 0.2) is 0 Å².